The lowest BCUT2D eigenvalue weighted by Gasteiger charge is -2.19. The summed E-state index contributed by atoms with van der Waals surface area (Å²) >= 11 is 0. The number of aryl methyl sites for hydroxylation is 1. The molecule has 1 rings (SSSR count). The fourth-order valence-electron chi connectivity index (χ4n) is 1.65. The summed E-state index contributed by atoms with van der Waals surface area (Å²) in [5, 5.41) is 13.7. The minimum absolute atomic E-state index is 0.0233. The van der Waals surface area contributed by atoms with Gasteiger partial charge >= 0.3 is 0 Å². The first-order chi connectivity index (χ1) is 9.31. The van der Waals surface area contributed by atoms with Crippen LogP contribution in [0.1, 0.15) is 19.4 Å². The van der Waals surface area contributed by atoms with E-state index in [1.165, 1.54) is 12.1 Å². The highest BCUT2D eigenvalue weighted by Gasteiger charge is 2.18. The minimum atomic E-state index is -0.645. The molecule has 1 aromatic rings. The molecule has 3 N–H and O–H groups in total. The van der Waals surface area contributed by atoms with E-state index in [2.05, 4.69) is 5.32 Å². The van der Waals surface area contributed by atoms with Gasteiger partial charge in [-0.3, -0.25) is 14.9 Å². The fraction of sp³-hybridized carbons (Fsp3) is 0.462. The Labute approximate surface area is 117 Å². The van der Waals surface area contributed by atoms with E-state index in [9.17, 15) is 14.9 Å². The summed E-state index contributed by atoms with van der Waals surface area (Å²) < 4.78 is 5.48. The van der Waals surface area contributed by atoms with Gasteiger partial charge in [-0.05, 0) is 18.6 Å². The molecule has 20 heavy (non-hydrogen) atoms. The summed E-state index contributed by atoms with van der Waals surface area (Å²) in [6.45, 7) is 5.56. The van der Waals surface area contributed by atoms with E-state index in [0.29, 0.717) is 5.75 Å². The Morgan fingerprint density at radius 1 is 1.50 bits per heavy atom. The van der Waals surface area contributed by atoms with Crippen molar-refractivity contribution in [3.8, 4) is 5.75 Å². The Kier molecular flexibility index (Phi) is 5.45. The van der Waals surface area contributed by atoms with Gasteiger partial charge in [-0.1, -0.05) is 13.8 Å². The molecule has 0 saturated heterocycles. The third kappa shape index (κ3) is 4.51. The first kappa shape index (κ1) is 15.9. The van der Waals surface area contributed by atoms with Crippen LogP contribution in [0, 0.1) is 17.0 Å². The number of nitrogens with one attached hydrogen (secondary N) is 1. The molecular formula is C13H19N3O4. The standard InChI is InChI=1S/C13H19N3O4/c1-8(2)15-11(13(14)17)7-20-12-6-10(16(18)19)5-4-9(12)3/h4-6,8,11,15H,7H2,1-3H3,(H2,14,17). The number of hydrogen-bond acceptors (Lipinski definition) is 5. The smallest absolute Gasteiger partial charge is 0.273 e. The zero-order chi connectivity index (χ0) is 15.3. The fourth-order valence-corrected chi connectivity index (χ4v) is 1.65. The lowest BCUT2D eigenvalue weighted by Crippen LogP contribution is -2.48. The Hall–Kier alpha value is -2.15. The van der Waals surface area contributed by atoms with Gasteiger partial charge in [-0.25, -0.2) is 0 Å². The summed E-state index contributed by atoms with van der Waals surface area (Å²) in [4.78, 5) is 21.5. The summed E-state index contributed by atoms with van der Waals surface area (Å²) in [5.41, 5.74) is 5.97. The van der Waals surface area contributed by atoms with Crippen molar-refractivity contribution in [2.45, 2.75) is 32.9 Å². The number of ether oxygens (including phenoxy) is 1. The Bertz CT molecular complexity index is 502. The summed E-state index contributed by atoms with van der Waals surface area (Å²) in [6.07, 6.45) is 0. The van der Waals surface area contributed by atoms with E-state index < -0.39 is 16.9 Å². The highest BCUT2D eigenvalue weighted by atomic mass is 16.6. The van der Waals surface area contributed by atoms with Crippen molar-refractivity contribution in [3.63, 3.8) is 0 Å². The van der Waals surface area contributed by atoms with Gasteiger partial charge in [0.15, 0.2) is 0 Å². The van der Waals surface area contributed by atoms with Crippen LogP contribution in [0.2, 0.25) is 0 Å². The molecule has 0 fully saturated rings. The number of nitro benzene ring substituents is 1. The van der Waals surface area contributed by atoms with Crippen molar-refractivity contribution >= 4 is 11.6 Å². The maximum Gasteiger partial charge on any atom is 0.273 e. The van der Waals surface area contributed by atoms with E-state index in [-0.39, 0.29) is 18.3 Å². The van der Waals surface area contributed by atoms with Crippen LogP contribution in [0.15, 0.2) is 18.2 Å². The number of nitrogens with zero attached hydrogens (tertiary/aromatic N) is 1. The van der Waals surface area contributed by atoms with E-state index in [1.807, 2.05) is 13.8 Å². The number of carbonyl (C=O) groups excluding carboxylic acids is 1. The van der Waals surface area contributed by atoms with Gasteiger partial charge in [-0.2, -0.15) is 0 Å². The summed E-state index contributed by atoms with van der Waals surface area (Å²) in [7, 11) is 0. The molecule has 7 nitrogen and oxygen atoms in total. The molecule has 7 heteroatoms. The Balaban J connectivity index is 2.79. The average molecular weight is 281 g/mol. The molecule has 110 valence electrons. The number of nitrogens with two attached hydrogens (primary N) is 1. The molecule has 1 aromatic carbocycles. The number of nitro groups is 1. The number of amides is 1. The highest BCUT2D eigenvalue weighted by Crippen LogP contribution is 2.24. The zero-order valence-corrected chi connectivity index (χ0v) is 11.8. The van der Waals surface area contributed by atoms with Crippen molar-refractivity contribution in [3.05, 3.63) is 33.9 Å². The number of non-ortho nitro benzene ring substituents is 1. The number of benzene rings is 1. The second-order valence-electron chi connectivity index (χ2n) is 4.79. The molecule has 0 radical (unpaired) electrons. The molecule has 0 heterocycles. The lowest BCUT2D eigenvalue weighted by atomic mass is 10.2. The first-order valence-corrected chi connectivity index (χ1v) is 6.24. The second kappa shape index (κ2) is 6.85. The van der Waals surface area contributed by atoms with Crippen molar-refractivity contribution < 1.29 is 14.5 Å². The number of hydrogen-bond donors (Lipinski definition) is 2. The van der Waals surface area contributed by atoms with Crippen LogP contribution in [-0.2, 0) is 4.79 Å². The average Bonchev–Trinajstić information content (AvgIpc) is 2.35. The summed E-state index contributed by atoms with van der Waals surface area (Å²) in [5.74, 6) is -0.155. The van der Waals surface area contributed by atoms with E-state index >= 15 is 0 Å². The van der Waals surface area contributed by atoms with E-state index in [4.69, 9.17) is 10.5 Å². The van der Waals surface area contributed by atoms with Crippen LogP contribution in [0.25, 0.3) is 0 Å². The maximum absolute atomic E-state index is 11.3. The van der Waals surface area contributed by atoms with Gasteiger partial charge in [0, 0.05) is 12.1 Å². The van der Waals surface area contributed by atoms with Crippen molar-refractivity contribution in [1.82, 2.24) is 5.32 Å². The first-order valence-electron chi connectivity index (χ1n) is 6.24. The van der Waals surface area contributed by atoms with Crippen LogP contribution in [0.4, 0.5) is 5.69 Å². The Morgan fingerprint density at radius 2 is 2.15 bits per heavy atom. The van der Waals surface area contributed by atoms with E-state index in [0.717, 1.165) is 5.56 Å². The molecule has 0 aliphatic carbocycles. The van der Waals surface area contributed by atoms with Crippen molar-refractivity contribution in [2.24, 2.45) is 5.73 Å². The minimum Gasteiger partial charge on any atom is -0.491 e. The molecule has 1 unspecified atom stereocenters. The normalized spacial score (nSPS) is 12.2. The van der Waals surface area contributed by atoms with Gasteiger partial charge in [0.1, 0.15) is 18.4 Å². The lowest BCUT2D eigenvalue weighted by molar-refractivity contribution is -0.384. The third-order valence-electron chi connectivity index (χ3n) is 2.67. The number of carbonyl (C=O) groups is 1. The molecule has 0 spiro atoms. The Morgan fingerprint density at radius 3 is 2.65 bits per heavy atom. The molecule has 1 amide bonds. The largest absolute Gasteiger partial charge is 0.491 e. The summed E-state index contributed by atoms with van der Waals surface area (Å²) in [6, 6.07) is 3.77. The predicted molar refractivity (Wildman–Crippen MR) is 74.6 cm³/mol. The van der Waals surface area contributed by atoms with Crippen LogP contribution in [0.3, 0.4) is 0 Å². The SMILES string of the molecule is Cc1ccc([N+](=O)[O-])cc1OCC(NC(C)C)C(N)=O. The molecule has 0 aliphatic rings. The molecule has 0 saturated carbocycles. The van der Waals surface area contributed by atoms with Crippen LogP contribution in [-0.4, -0.2) is 29.5 Å². The van der Waals surface area contributed by atoms with Gasteiger partial charge in [0.2, 0.25) is 5.91 Å². The van der Waals surface area contributed by atoms with Crippen molar-refractivity contribution in [2.75, 3.05) is 6.61 Å². The molecule has 0 aliphatic heterocycles. The van der Waals surface area contributed by atoms with Crippen molar-refractivity contribution in [1.29, 1.82) is 0 Å². The van der Waals surface area contributed by atoms with Crippen LogP contribution >= 0.6 is 0 Å². The monoisotopic (exact) mass is 281 g/mol. The number of rotatable bonds is 7. The van der Waals surface area contributed by atoms with Crippen LogP contribution in [0.5, 0.6) is 5.75 Å². The number of primary amides is 1. The molecule has 1 atom stereocenters. The highest BCUT2D eigenvalue weighted by molar-refractivity contribution is 5.80. The third-order valence-corrected chi connectivity index (χ3v) is 2.67. The zero-order valence-electron chi connectivity index (χ0n) is 11.8. The molecule has 0 aromatic heterocycles. The maximum atomic E-state index is 11.3. The predicted octanol–water partition coefficient (Wildman–Crippen LogP) is 1.13. The van der Waals surface area contributed by atoms with Gasteiger partial charge in [0.25, 0.3) is 5.69 Å². The topological polar surface area (TPSA) is 107 Å². The van der Waals surface area contributed by atoms with Gasteiger partial charge in [-0.15, -0.1) is 0 Å². The molecule has 0 bridgehead atoms. The quantitative estimate of drug-likeness (QED) is 0.575. The van der Waals surface area contributed by atoms with Gasteiger partial charge in [0.05, 0.1) is 11.0 Å². The molecular weight excluding hydrogens is 262 g/mol. The van der Waals surface area contributed by atoms with Gasteiger partial charge < -0.3 is 15.8 Å². The van der Waals surface area contributed by atoms with Crippen LogP contribution < -0.4 is 15.8 Å². The second-order valence-corrected chi connectivity index (χ2v) is 4.79. The van der Waals surface area contributed by atoms with E-state index in [1.54, 1.807) is 13.0 Å².